The molecule has 0 aliphatic heterocycles. The highest BCUT2D eigenvalue weighted by Gasteiger charge is 1.97. The van der Waals surface area contributed by atoms with Crippen molar-refractivity contribution >= 4 is 17.8 Å². The number of unbranched alkanes of at least 4 members (excludes halogenated alkanes) is 6. The fourth-order valence-electron chi connectivity index (χ4n) is 2.46. The van der Waals surface area contributed by atoms with E-state index >= 15 is 0 Å². The minimum Gasteiger partial charge on any atom is -0.494 e. The van der Waals surface area contributed by atoms with Crippen LogP contribution in [0, 0.1) is 0 Å². The Morgan fingerprint density at radius 3 is 2.00 bits per heavy atom. The summed E-state index contributed by atoms with van der Waals surface area (Å²) >= 11 is 0. The van der Waals surface area contributed by atoms with Crippen LogP contribution in [0.4, 0.5) is 0 Å². The molecule has 0 bridgehead atoms. The van der Waals surface area contributed by atoms with Crippen LogP contribution in [0.3, 0.4) is 0 Å². The number of carbonyl (C=O) groups excluding carboxylic acids is 2. The fraction of sp³-hybridized carbons (Fsp3) is 0.565. The Bertz CT molecular complexity index is 532. The second-order valence-electron chi connectivity index (χ2n) is 6.20. The van der Waals surface area contributed by atoms with E-state index in [-0.39, 0.29) is 5.97 Å². The molecule has 0 aliphatic carbocycles. The SMILES string of the molecule is CC.COC(=O)/C=C/c1ccc(OCCCCCCCCCC(C)=O)cc1. The standard InChI is InChI=1S/C21H30O4.C2H6/c1-18(22)10-8-6-4-3-5-7-9-17-25-20-14-11-19(12-15-20)13-16-21(23)24-2;1-2/h11-16H,3-10,17H2,1-2H3;1-2H3/b16-13+;. The largest absolute Gasteiger partial charge is 0.494 e. The van der Waals surface area contributed by atoms with E-state index in [1.165, 1.54) is 38.9 Å². The maximum Gasteiger partial charge on any atom is 0.330 e. The monoisotopic (exact) mass is 376 g/mol. The van der Waals surface area contributed by atoms with Gasteiger partial charge in [0.15, 0.2) is 0 Å². The lowest BCUT2D eigenvalue weighted by molar-refractivity contribution is -0.134. The van der Waals surface area contributed by atoms with Gasteiger partial charge in [-0.1, -0.05) is 58.1 Å². The van der Waals surface area contributed by atoms with Gasteiger partial charge in [0.25, 0.3) is 0 Å². The van der Waals surface area contributed by atoms with Gasteiger partial charge in [-0.2, -0.15) is 0 Å². The topological polar surface area (TPSA) is 52.6 Å². The van der Waals surface area contributed by atoms with Crippen LogP contribution in [-0.4, -0.2) is 25.5 Å². The minimum atomic E-state index is -0.362. The highest BCUT2D eigenvalue weighted by molar-refractivity contribution is 5.86. The summed E-state index contributed by atoms with van der Waals surface area (Å²) in [6, 6.07) is 7.64. The molecule has 0 atom stereocenters. The van der Waals surface area contributed by atoms with Crippen molar-refractivity contribution in [2.24, 2.45) is 0 Å². The van der Waals surface area contributed by atoms with Crippen LogP contribution in [0.25, 0.3) is 6.08 Å². The highest BCUT2D eigenvalue weighted by Crippen LogP contribution is 2.14. The van der Waals surface area contributed by atoms with Crippen molar-refractivity contribution < 1.29 is 19.1 Å². The zero-order valence-corrected chi connectivity index (χ0v) is 17.5. The third kappa shape index (κ3) is 14.7. The van der Waals surface area contributed by atoms with Gasteiger partial charge < -0.3 is 14.3 Å². The van der Waals surface area contributed by atoms with Crippen molar-refractivity contribution in [3.63, 3.8) is 0 Å². The van der Waals surface area contributed by atoms with Crippen LogP contribution >= 0.6 is 0 Å². The number of hydrogen-bond donors (Lipinski definition) is 0. The molecule has 152 valence electrons. The molecular weight excluding hydrogens is 340 g/mol. The molecule has 1 aromatic carbocycles. The first kappa shape index (κ1) is 24.9. The number of hydrogen-bond acceptors (Lipinski definition) is 4. The summed E-state index contributed by atoms with van der Waals surface area (Å²) in [5.74, 6) is 0.781. The van der Waals surface area contributed by atoms with Gasteiger partial charge in [-0.05, 0) is 43.5 Å². The maximum atomic E-state index is 11.0. The third-order valence-electron chi connectivity index (χ3n) is 3.94. The number of esters is 1. The average molecular weight is 377 g/mol. The number of methoxy groups -OCH3 is 1. The quantitative estimate of drug-likeness (QED) is 0.241. The van der Waals surface area contributed by atoms with Crippen molar-refractivity contribution in [2.75, 3.05) is 13.7 Å². The molecule has 1 aromatic rings. The molecule has 0 heterocycles. The molecular formula is C23H36O4. The Labute approximate surface area is 165 Å². The number of rotatable bonds is 13. The van der Waals surface area contributed by atoms with Crippen molar-refractivity contribution in [1.82, 2.24) is 0 Å². The molecule has 0 amide bonds. The lowest BCUT2D eigenvalue weighted by Gasteiger charge is -2.06. The van der Waals surface area contributed by atoms with Gasteiger partial charge in [-0.3, -0.25) is 0 Å². The molecule has 0 spiro atoms. The Morgan fingerprint density at radius 2 is 1.44 bits per heavy atom. The molecule has 4 heteroatoms. The smallest absolute Gasteiger partial charge is 0.330 e. The molecule has 27 heavy (non-hydrogen) atoms. The summed E-state index contributed by atoms with van der Waals surface area (Å²) in [5.41, 5.74) is 0.933. The van der Waals surface area contributed by atoms with E-state index in [1.807, 2.05) is 38.1 Å². The summed E-state index contributed by atoms with van der Waals surface area (Å²) in [4.78, 5) is 21.9. The Hall–Kier alpha value is -2.10. The molecule has 0 aliphatic rings. The van der Waals surface area contributed by atoms with Crippen LogP contribution in [0.1, 0.15) is 77.7 Å². The van der Waals surface area contributed by atoms with E-state index in [2.05, 4.69) is 4.74 Å². The van der Waals surface area contributed by atoms with Crippen LogP contribution in [-0.2, 0) is 14.3 Å². The molecule has 0 saturated carbocycles. The maximum absolute atomic E-state index is 11.0. The average Bonchev–Trinajstić information content (AvgIpc) is 2.69. The van der Waals surface area contributed by atoms with E-state index in [4.69, 9.17) is 4.74 Å². The molecule has 0 saturated heterocycles. The van der Waals surface area contributed by atoms with Crippen molar-refractivity contribution in [1.29, 1.82) is 0 Å². The zero-order valence-electron chi connectivity index (χ0n) is 17.5. The van der Waals surface area contributed by atoms with Gasteiger partial charge in [-0.25, -0.2) is 4.79 Å². The first-order valence-corrected chi connectivity index (χ1v) is 10.1. The molecule has 1 rings (SSSR count). The van der Waals surface area contributed by atoms with Gasteiger partial charge in [0.1, 0.15) is 11.5 Å². The Balaban J connectivity index is 0.00000326. The summed E-state index contributed by atoms with van der Waals surface area (Å²) in [5, 5.41) is 0. The van der Waals surface area contributed by atoms with E-state index in [0.29, 0.717) is 5.78 Å². The van der Waals surface area contributed by atoms with Crippen molar-refractivity contribution in [3.05, 3.63) is 35.9 Å². The van der Waals surface area contributed by atoms with Crippen LogP contribution in [0.15, 0.2) is 30.3 Å². The highest BCUT2D eigenvalue weighted by atomic mass is 16.5. The van der Waals surface area contributed by atoms with E-state index in [1.54, 1.807) is 13.0 Å². The van der Waals surface area contributed by atoms with Crippen molar-refractivity contribution in [3.8, 4) is 5.75 Å². The Kier molecular flexibility index (Phi) is 16.0. The summed E-state index contributed by atoms with van der Waals surface area (Å²) in [7, 11) is 1.36. The van der Waals surface area contributed by atoms with Crippen LogP contribution in [0.5, 0.6) is 5.75 Å². The lowest BCUT2D eigenvalue weighted by atomic mass is 10.1. The number of ether oxygens (including phenoxy) is 2. The second kappa shape index (κ2) is 17.3. The zero-order chi connectivity index (χ0) is 20.3. The first-order valence-electron chi connectivity index (χ1n) is 10.1. The Morgan fingerprint density at radius 1 is 0.889 bits per heavy atom. The van der Waals surface area contributed by atoms with Crippen LogP contribution in [0.2, 0.25) is 0 Å². The van der Waals surface area contributed by atoms with E-state index in [0.717, 1.165) is 43.6 Å². The lowest BCUT2D eigenvalue weighted by Crippen LogP contribution is -1.97. The number of carbonyl (C=O) groups is 2. The van der Waals surface area contributed by atoms with Crippen LogP contribution < -0.4 is 4.74 Å². The van der Waals surface area contributed by atoms with Gasteiger partial charge in [0.2, 0.25) is 0 Å². The second-order valence-corrected chi connectivity index (χ2v) is 6.20. The molecule has 4 nitrogen and oxygen atoms in total. The summed E-state index contributed by atoms with van der Waals surface area (Å²) in [6.07, 6.45) is 11.9. The normalized spacial score (nSPS) is 10.2. The summed E-state index contributed by atoms with van der Waals surface area (Å²) in [6.45, 7) is 6.38. The molecule has 0 unspecified atom stereocenters. The number of ketones is 1. The molecule has 0 fully saturated rings. The first-order chi connectivity index (χ1) is 13.1. The summed E-state index contributed by atoms with van der Waals surface area (Å²) < 4.78 is 10.3. The van der Waals surface area contributed by atoms with Gasteiger partial charge in [-0.15, -0.1) is 0 Å². The minimum absolute atomic E-state index is 0.296. The molecule has 0 N–H and O–H groups in total. The van der Waals surface area contributed by atoms with E-state index in [9.17, 15) is 9.59 Å². The predicted molar refractivity (Wildman–Crippen MR) is 112 cm³/mol. The molecule has 0 aromatic heterocycles. The van der Waals surface area contributed by atoms with Gasteiger partial charge in [0.05, 0.1) is 13.7 Å². The van der Waals surface area contributed by atoms with Gasteiger partial charge >= 0.3 is 5.97 Å². The fourth-order valence-corrected chi connectivity index (χ4v) is 2.46. The predicted octanol–water partition coefficient (Wildman–Crippen LogP) is 5.99. The third-order valence-corrected chi connectivity index (χ3v) is 3.94. The van der Waals surface area contributed by atoms with E-state index < -0.39 is 0 Å². The number of Topliss-reactive ketones (excluding diaryl/α,β-unsaturated/α-hetero) is 1. The number of benzene rings is 1. The van der Waals surface area contributed by atoms with Gasteiger partial charge in [0, 0.05) is 12.5 Å². The van der Waals surface area contributed by atoms with Crippen molar-refractivity contribution in [2.45, 2.75) is 72.1 Å². The molecule has 0 radical (unpaired) electrons.